The molecule has 0 bridgehead atoms. The summed E-state index contributed by atoms with van der Waals surface area (Å²) in [6, 6.07) is 20.1. The Balaban J connectivity index is 1.81. The monoisotopic (exact) mass is 472 g/mol. The Hall–Kier alpha value is -3.54. The number of carbonyl (C=O) groups is 1. The van der Waals surface area contributed by atoms with E-state index in [1.807, 2.05) is 24.4 Å². The quantitative estimate of drug-likeness (QED) is 0.436. The maximum absolute atomic E-state index is 12.2. The normalized spacial score (nSPS) is 19.6. The van der Waals surface area contributed by atoms with Crippen molar-refractivity contribution in [2.24, 2.45) is 18.1 Å². The zero-order valence-corrected chi connectivity index (χ0v) is 20.3. The van der Waals surface area contributed by atoms with Crippen LogP contribution in [0.1, 0.15) is 65.8 Å². The summed E-state index contributed by atoms with van der Waals surface area (Å²) in [4.78, 5) is 34.9. The van der Waals surface area contributed by atoms with Crippen molar-refractivity contribution in [2.45, 2.75) is 50.4 Å². The molecular formula is C29H32N2O4. The van der Waals surface area contributed by atoms with E-state index in [-0.39, 0.29) is 18.0 Å². The predicted octanol–water partition coefficient (Wildman–Crippen LogP) is 5.54. The molecule has 0 aliphatic heterocycles. The molecule has 1 N–H and O–H groups in total. The van der Waals surface area contributed by atoms with E-state index < -0.39 is 11.4 Å². The van der Waals surface area contributed by atoms with Crippen LogP contribution < -0.4 is 5.56 Å². The van der Waals surface area contributed by atoms with Gasteiger partial charge in [0, 0.05) is 24.7 Å². The molecule has 1 aromatic heterocycles. The lowest BCUT2D eigenvalue weighted by molar-refractivity contribution is -0.142. The fraction of sp³-hybridized carbons (Fsp3) is 0.379. The van der Waals surface area contributed by atoms with Gasteiger partial charge in [-0.2, -0.15) is 4.91 Å². The van der Waals surface area contributed by atoms with Crippen LogP contribution in [0.3, 0.4) is 0 Å². The Morgan fingerprint density at radius 1 is 1.00 bits per heavy atom. The Bertz CT molecular complexity index is 1260. The zero-order chi connectivity index (χ0) is 25.0. The number of nitrogens with zero attached hydrogens (tertiary/aromatic N) is 2. The average molecular weight is 473 g/mol. The predicted molar refractivity (Wildman–Crippen MR) is 137 cm³/mol. The highest BCUT2D eigenvalue weighted by Gasteiger charge is 2.38. The summed E-state index contributed by atoms with van der Waals surface area (Å²) in [6.45, 7) is 2.20. The molecule has 1 aliphatic carbocycles. The number of aryl methyl sites for hydroxylation is 2. The van der Waals surface area contributed by atoms with Crippen LogP contribution in [-0.2, 0) is 17.3 Å². The standard InChI is InChI=1S/C29H32N2O4/c1-20-5-3-4-6-26(20)29(17-18-30-35,25-15-16-27(32)31(2)19-25)24-13-11-22(12-14-24)21-7-9-23(10-8-21)28(33)34/h3-6,11-16,19,21,23H,7-10,17-18H2,1-2H3,(H,33,34)/t21?,23?,29-/m1/s1. The van der Waals surface area contributed by atoms with E-state index in [9.17, 15) is 19.6 Å². The number of aromatic nitrogens is 1. The van der Waals surface area contributed by atoms with Crippen LogP contribution in [0.25, 0.3) is 0 Å². The molecular weight excluding hydrogens is 440 g/mol. The number of rotatable bonds is 8. The third-order valence-electron chi connectivity index (χ3n) is 7.71. The Kier molecular flexibility index (Phi) is 7.29. The van der Waals surface area contributed by atoms with Crippen LogP contribution >= 0.6 is 0 Å². The first-order valence-electron chi connectivity index (χ1n) is 12.2. The van der Waals surface area contributed by atoms with Crippen molar-refractivity contribution in [2.75, 3.05) is 6.54 Å². The molecule has 0 spiro atoms. The summed E-state index contributed by atoms with van der Waals surface area (Å²) in [5, 5.41) is 12.5. The first-order valence-corrected chi connectivity index (χ1v) is 12.2. The molecule has 1 saturated carbocycles. The van der Waals surface area contributed by atoms with Crippen molar-refractivity contribution in [1.82, 2.24) is 4.57 Å². The first kappa shape index (κ1) is 24.6. The van der Waals surface area contributed by atoms with Crippen LogP contribution in [0.2, 0.25) is 0 Å². The number of aliphatic carboxylic acids is 1. The van der Waals surface area contributed by atoms with E-state index in [0.29, 0.717) is 25.2 Å². The number of carboxylic acids is 1. The largest absolute Gasteiger partial charge is 0.481 e. The lowest BCUT2D eigenvalue weighted by atomic mass is 9.66. The van der Waals surface area contributed by atoms with Gasteiger partial charge in [0.15, 0.2) is 0 Å². The fourth-order valence-electron chi connectivity index (χ4n) is 5.73. The zero-order valence-electron chi connectivity index (χ0n) is 20.3. The highest BCUT2D eigenvalue weighted by Crippen LogP contribution is 2.44. The second-order valence-corrected chi connectivity index (χ2v) is 9.70. The minimum absolute atomic E-state index is 0.0896. The van der Waals surface area contributed by atoms with E-state index in [4.69, 9.17) is 0 Å². The molecule has 0 saturated heterocycles. The van der Waals surface area contributed by atoms with Gasteiger partial charge in [0.2, 0.25) is 5.56 Å². The molecule has 0 radical (unpaired) electrons. The lowest BCUT2D eigenvalue weighted by Crippen LogP contribution is -2.33. The third kappa shape index (κ3) is 4.83. The third-order valence-corrected chi connectivity index (χ3v) is 7.71. The summed E-state index contributed by atoms with van der Waals surface area (Å²) in [5.74, 6) is -0.579. The highest BCUT2D eigenvalue weighted by atomic mass is 16.4. The number of carboxylic acid groups (broad SMARTS) is 1. The van der Waals surface area contributed by atoms with Crippen LogP contribution in [0.5, 0.6) is 0 Å². The highest BCUT2D eigenvalue weighted by molar-refractivity contribution is 5.70. The Morgan fingerprint density at radius 2 is 1.66 bits per heavy atom. The molecule has 1 heterocycles. The van der Waals surface area contributed by atoms with Crippen molar-refractivity contribution in [3.63, 3.8) is 0 Å². The minimum atomic E-state index is -0.692. The van der Waals surface area contributed by atoms with E-state index in [1.54, 1.807) is 17.7 Å². The molecule has 0 unspecified atom stereocenters. The van der Waals surface area contributed by atoms with Crippen LogP contribution in [0, 0.1) is 17.7 Å². The van der Waals surface area contributed by atoms with Crippen molar-refractivity contribution >= 4 is 5.97 Å². The van der Waals surface area contributed by atoms with Gasteiger partial charge >= 0.3 is 5.97 Å². The van der Waals surface area contributed by atoms with Gasteiger partial charge in [0.25, 0.3) is 0 Å². The molecule has 35 heavy (non-hydrogen) atoms. The number of hydrogen-bond donors (Lipinski definition) is 1. The van der Waals surface area contributed by atoms with Crippen LogP contribution in [0.4, 0.5) is 0 Å². The Morgan fingerprint density at radius 3 is 2.26 bits per heavy atom. The molecule has 1 aliphatic rings. The van der Waals surface area contributed by atoms with Crippen LogP contribution in [-0.4, -0.2) is 22.2 Å². The number of hydrogen-bond acceptors (Lipinski definition) is 4. The second kappa shape index (κ2) is 10.4. The van der Waals surface area contributed by atoms with Crippen molar-refractivity contribution in [3.05, 3.63) is 110 Å². The molecule has 0 amide bonds. The van der Waals surface area contributed by atoms with Crippen molar-refractivity contribution in [1.29, 1.82) is 0 Å². The summed E-state index contributed by atoms with van der Waals surface area (Å²) in [6.07, 6.45) is 5.49. The molecule has 6 nitrogen and oxygen atoms in total. The Labute approximate surface area is 205 Å². The SMILES string of the molecule is Cc1ccccc1[C@](CCN=O)(c1ccc(C2CCC(C(=O)O)CC2)cc1)c1ccc(=O)n(C)c1. The van der Waals surface area contributed by atoms with E-state index in [1.165, 1.54) is 5.56 Å². The van der Waals surface area contributed by atoms with Crippen LogP contribution in [0.15, 0.2) is 76.8 Å². The van der Waals surface area contributed by atoms with E-state index >= 15 is 0 Å². The fourth-order valence-corrected chi connectivity index (χ4v) is 5.73. The summed E-state index contributed by atoms with van der Waals surface area (Å²) >= 11 is 0. The van der Waals surface area contributed by atoms with Crippen molar-refractivity contribution < 1.29 is 9.90 Å². The van der Waals surface area contributed by atoms with Gasteiger partial charge in [0.1, 0.15) is 0 Å². The molecule has 1 fully saturated rings. The van der Waals surface area contributed by atoms with Gasteiger partial charge in [-0.15, -0.1) is 0 Å². The van der Waals surface area contributed by atoms with Gasteiger partial charge in [0.05, 0.1) is 12.5 Å². The topological polar surface area (TPSA) is 88.7 Å². The minimum Gasteiger partial charge on any atom is -0.481 e. The summed E-state index contributed by atoms with van der Waals surface area (Å²) in [5.41, 5.74) is 4.63. The second-order valence-electron chi connectivity index (χ2n) is 9.70. The number of nitroso groups, excluding NO2 is 1. The molecule has 6 heteroatoms. The smallest absolute Gasteiger partial charge is 0.306 e. The van der Waals surface area contributed by atoms with Gasteiger partial charge in [-0.05, 0) is 72.8 Å². The average Bonchev–Trinajstić information content (AvgIpc) is 2.87. The number of pyridine rings is 1. The maximum Gasteiger partial charge on any atom is 0.306 e. The summed E-state index contributed by atoms with van der Waals surface area (Å²) in [7, 11) is 1.74. The van der Waals surface area contributed by atoms with Gasteiger partial charge in [-0.25, -0.2) is 0 Å². The molecule has 1 atom stereocenters. The van der Waals surface area contributed by atoms with Gasteiger partial charge in [-0.1, -0.05) is 59.8 Å². The van der Waals surface area contributed by atoms with E-state index in [0.717, 1.165) is 35.1 Å². The first-order chi connectivity index (χ1) is 16.9. The van der Waals surface area contributed by atoms with Gasteiger partial charge in [-0.3, -0.25) is 9.59 Å². The summed E-state index contributed by atoms with van der Waals surface area (Å²) < 4.78 is 1.58. The maximum atomic E-state index is 12.2. The molecule has 2 aromatic carbocycles. The molecule has 182 valence electrons. The molecule has 4 rings (SSSR count). The number of benzene rings is 2. The van der Waals surface area contributed by atoms with Gasteiger partial charge < -0.3 is 9.67 Å². The molecule has 3 aromatic rings. The van der Waals surface area contributed by atoms with Crippen molar-refractivity contribution in [3.8, 4) is 0 Å². The lowest BCUT2D eigenvalue weighted by Gasteiger charge is -2.37. The van der Waals surface area contributed by atoms with E-state index in [2.05, 4.69) is 48.5 Å².